The van der Waals surface area contributed by atoms with Crippen LogP contribution in [-0.4, -0.2) is 110 Å². The van der Waals surface area contributed by atoms with E-state index in [0.717, 1.165) is 12.1 Å². The molecule has 35 heavy (non-hydrogen) atoms. The molecule has 3 heterocycles. The molecule has 1 aromatic carbocycles. The minimum atomic E-state index is -1.67. The zero-order chi connectivity index (χ0) is 25.1. The van der Waals surface area contributed by atoms with Crippen molar-refractivity contribution < 1.29 is 64.2 Å². The van der Waals surface area contributed by atoms with Gasteiger partial charge in [-0.2, -0.15) is 0 Å². The minimum Gasteiger partial charge on any atom is -0.504 e. The molecule has 192 valence electrons. The van der Waals surface area contributed by atoms with Crippen LogP contribution in [-0.2, 0) is 23.7 Å². The number of carbonyl (C=O) groups excluding carboxylic acids is 1. The van der Waals surface area contributed by atoms with E-state index in [1.165, 1.54) is 12.3 Å². The predicted octanol–water partition coefficient (Wildman–Crippen LogP) is -2.31. The summed E-state index contributed by atoms with van der Waals surface area (Å²) in [5, 5.41) is 69.0. The normalized spacial score (nSPS) is 43.7. The molecule has 7 N–H and O–H groups in total. The van der Waals surface area contributed by atoms with Crippen molar-refractivity contribution in [2.24, 2.45) is 11.8 Å². The average molecular weight is 498 g/mol. The second-order valence-corrected chi connectivity index (χ2v) is 8.99. The number of esters is 1. The standard InChI is InChI=1S/C22H26O13/c23-6-12-14(27)15(28)16(29)21(32-12)34-20-13-9(3-4-31-20)17(18-22(13,7-24)35-18)33-19(30)8-1-2-10(25)11(26)5-8/h1-5,9,12-18,20-21,23-29H,6-7H2/t9-,12-,13-,14-,15+,16-,17+,18+,20+,21+,22-/m1/s1. The fourth-order valence-electron chi connectivity index (χ4n) is 5.13. The first kappa shape index (κ1) is 24.2. The van der Waals surface area contributed by atoms with E-state index in [-0.39, 0.29) is 5.56 Å². The fourth-order valence-corrected chi connectivity index (χ4v) is 5.13. The number of carbonyl (C=O) groups is 1. The van der Waals surface area contributed by atoms with Crippen molar-refractivity contribution in [1.29, 1.82) is 0 Å². The fraction of sp³-hybridized carbons (Fsp3) is 0.591. The van der Waals surface area contributed by atoms with Crippen LogP contribution in [0.15, 0.2) is 30.5 Å². The van der Waals surface area contributed by atoms with Crippen LogP contribution >= 0.6 is 0 Å². The topological polar surface area (TPSA) is 208 Å². The van der Waals surface area contributed by atoms with Crippen LogP contribution in [0.5, 0.6) is 11.5 Å². The van der Waals surface area contributed by atoms with Crippen LogP contribution in [0.2, 0.25) is 0 Å². The number of aliphatic hydroxyl groups is 5. The third-order valence-electron chi connectivity index (χ3n) is 7.05. The SMILES string of the molecule is O=C(O[C@H]1[C@@H]2C=CO[C@@H](O[C@@H]3O[C@H](CO)[C@@H](O)[C@H](O)[C@H]3O)[C@@H]2[C@@]2(CO)O[C@@H]12)c1ccc(O)c(O)c1. The molecule has 13 heteroatoms. The van der Waals surface area contributed by atoms with Crippen molar-refractivity contribution in [2.45, 2.75) is 54.8 Å². The first-order valence-corrected chi connectivity index (χ1v) is 11.0. The Morgan fingerprint density at radius 3 is 2.49 bits per heavy atom. The molecule has 1 aliphatic carbocycles. The molecule has 13 nitrogen and oxygen atoms in total. The van der Waals surface area contributed by atoms with Gasteiger partial charge in [0, 0.05) is 5.92 Å². The predicted molar refractivity (Wildman–Crippen MR) is 110 cm³/mol. The van der Waals surface area contributed by atoms with E-state index in [1.54, 1.807) is 6.08 Å². The van der Waals surface area contributed by atoms with Crippen LogP contribution in [0, 0.1) is 11.8 Å². The molecule has 4 aliphatic rings. The van der Waals surface area contributed by atoms with E-state index in [9.17, 15) is 40.5 Å². The molecule has 0 radical (unpaired) electrons. The largest absolute Gasteiger partial charge is 0.504 e. The third kappa shape index (κ3) is 3.84. The number of benzene rings is 1. The Balaban J connectivity index is 1.35. The lowest BCUT2D eigenvalue weighted by Crippen LogP contribution is -2.60. The first-order chi connectivity index (χ1) is 16.7. The monoisotopic (exact) mass is 498 g/mol. The molecule has 0 unspecified atom stereocenters. The molecule has 0 bridgehead atoms. The number of phenols is 2. The molecular weight excluding hydrogens is 472 g/mol. The first-order valence-electron chi connectivity index (χ1n) is 11.0. The van der Waals surface area contributed by atoms with E-state index in [4.69, 9.17) is 23.7 Å². The second-order valence-electron chi connectivity index (χ2n) is 8.99. The Labute approximate surface area is 198 Å². The van der Waals surface area contributed by atoms with Gasteiger partial charge in [-0.1, -0.05) is 0 Å². The van der Waals surface area contributed by atoms with Gasteiger partial charge in [-0.3, -0.25) is 0 Å². The summed E-state index contributed by atoms with van der Waals surface area (Å²) in [5.74, 6) is -2.94. The number of rotatable bonds is 6. The van der Waals surface area contributed by atoms with Gasteiger partial charge < -0.3 is 59.4 Å². The van der Waals surface area contributed by atoms with E-state index < -0.39 is 97.3 Å². The molecule has 11 atom stereocenters. The summed E-state index contributed by atoms with van der Waals surface area (Å²) >= 11 is 0. The van der Waals surface area contributed by atoms with Crippen LogP contribution in [0.1, 0.15) is 10.4 Å². The molecule has 3 aliphatic heterocycles. The van der Waals surface area contributed by atoms with Gasteiger partial charge in [0.25, 0.3) is 0 Å². The van der Waals surface area contributed by atoms with Gasteiger partial charge in [0.2, 0.25) is 6.29 Å². The number of epoxide rings is 1. The molecule has 1 saturated carbocycles. The van der Waals surface area contributed by atoms with E-state index >= 15 is 0 Å². The smallest absolute Gasteiger partial charge is 0.338 e. The number of aliphatic hydroxyl groups excluding tert-OH is 5. The van der Waals surface area contributed by atoms with Crippen molar-refractivity contribution >= 4 is 5.97 Å². The van der Waals surface area contributed by atoms with Gasteiger partial charge in [0.15, 0.2) is 17.8 Å². The van der Waals surface area contributed by atoms with Crippen molar-refractivity contribution in [3.63, 3.8) is 0 Å². The molecular formula is C22H26O13. The highest BCUT2D eigenvalue weighted by Crippen LogP contribution is 2.60. The van der Waals surface area contributed by atoms with Gasteiger partial charge in [0.05, 0.1) is 31.0 Å². The highest BCUT2D eigenvalue weighted by Gasteiger charge is 2.77. The summed E-state index contributed by atoms with van der Waals surface area (Å²) < 4.78 is 28.1. The second kappa shape index (κ2) is 8.87. The summed E-state index contributed by atoms with van der Waals surface area (Å²) in [6.07, 6.45) is -7.39. The number of ether oxygens (including phenoxy) is 5. The third-order valence-corrected chi connectivity index (χ3v) is 7.05. The molecule has 0 amide bonds. The number of hydrogen-bond acceptors (Lipinski definition) is 13. The van der Waals surface area contributed by atoms with Gasteiger partial charge >= 0.3 is 5.97 Å². The van der Waals surface area contributed by atoms with Gasteiger partial charge in [-0.25, -0.2) is 4.79 Å². The molecule has 2 saturated heterocycles. The zero-order valence-electron chi connectivity index (χ0n) is 18.2. The number of hydrogen-bond donors (Lipinski definition) is 7. The maximum absolute atomic E-state index is 12.7. The lowest BCUT2D eigenvalue weighted by molar-refractivity contribution is -0.344. The number of fused-ring (bicyclic) bond motifs is 3. The molecule has 1 aromatic rings. The van der Waals surface area contributed by atoms with Gasteiger partial charge in [-0.15, -0.1) is 0 Å². The lowest BCUT2D eigenvalue weighted by Gasteiger charge is -2.43. The summed E-state index contributed by atoms with van der Waals surface area (Å²) in [6, 6.07) is 3.48. The van der Waals surface area contributed by atoms with E-state index in [1.807, 2.05) is 0 Å². The highest BCUT2D eigenvalue weighted by molar-refractivity contribution is 5.90. The average Bonchev–Trinajstić information content (AvgIpc) is 3.53. The summed E-state index contributed by atoms with van der Waals surface area (Å²) in [5.41, 5.74) is -1.19. The van der Waals surface area contributed by atoms with Crippen LogP contribution < -0.4 is 0 Å². The number of phenolic OH excluding ortho intramolecular Hbond substituents is 2. The Morgan fingerprint density at radius 1 is 1.03 bits per heavy atom. The Hall–Kier alpha value is -2.49. The van der Waals surface area contributed by atoms with Crippen molar-refractivity contribution in [2.75, 3.05) is 13.2 Å². The van der Waals surface area contributed by atoms with Gasteiger partial charge in [0.1, 0.15) is 42.2 Å². The van der Waals surface area contributed by atoms with Crippen LogP contribution in [0.3, 0.4) is 0 Å². The minimum absolute atomic E-state index is 0.0100. The summed E-state index contributed by atoms with van der Waals surface area (Å²) in [7, 11) is 0. The van der Waals surface area contributed by atoms with Crippen molar-refractivity contribution in [3.8, 4) is 11.5 Å². The van der Waals surface area contributed by atoms with Gasteiger partial charge in [-0.05, 0) is 24.3 Å². The molecule has 3 fully saturated rings. The van der Waals surface area contributed by atoms with Crippen molar-refractivity contribution in [3.05, 3.63) is 36.1 Å². The van der Waals surface area contributed by atoms with E-state index in [2.05, 4.69) is 0 Å². The molecule has 0 spiro atoms. The Morgan fingerprint density at radius 2 is 1.80 bits per heavy atom. The lowest BCUT2D eigenvalue weighted by atomic mass is 9.85. The van der Waals surface area contributed by atoms with Crippen molar-refractivity contribution in [1.82, 2.24) is 0 Å². The molecule has 5 rings (SSSR count). The van der Waals surface area contributed by atoms with Crippen LogP contribution in [0.25, 0.3) is 0 Å². The zero-order valence-corrected chi connectivity index (χ0v) is 18.2. The van der Waals surface area contributed by atoms with Crippen LogP contribution in [0.4, 0.5) is 0 Å². The maximum atomic E-state index is 12.7. The van der Waals surface area contributed by atoms with E-state index in [0.29, 0.717) is 0 Å². The maximum Gasteiger partial charge on any atom is 0.338 e. The summed E-state index contributed by atoms with van der Waals surface area (Å²) in [4.78, 5) is 12.7. The Kier molecular flexibility index (Phi) is 6.14. The summed E-state index contributed by atoms with van der Waals surface area (Å²) in [6.45, 7) is -1.10. The quantitative estimate of drug-likeness (QED) is 0.125. The highest BCUT2D eigenvalue weighted by atomic mass is 16.8. The Bertz CT molecular complexity index is 998. The number of aromatic hydroxyl groups is 2. The molecule has 0 aromatic heterocycles.